The van der Waals surface area contributed by atoms with Gasteiger partial charge in [-0.05, 0) is 94.7 Å². The first-order valence-corrected chi connectivity index (χ1v) is 43.0. The summed E-state index contributed by atoms with van der Waals surface area (Å²) >= 11 is 0. The number of rotatable bonds is 25. The summed E-state index contributed by atoms with van der Waals surface area (Å²) in [5.74, 6) is -5.16. The normalized spacial score (nSPS) is 18.1. The Labute approximate surface area is 724 Å². The van der Waals surface area contributed by atoms with Crippen molar-refractivity contribution < 1.29 is 62.3 Å². The van der Waals surface area contributed by atoms with Gasteiger partial charge in [-0.15, -0.1) is 0 Å². The quantitative estimate of drug-likeness (QED) is 0.0229. The van der Waals surface area contributed by atoms with E-state index in [0.29, 0.717) is 76.1 Å². The molecule has 1 aliphatic carbocycles. The van der Waals surface area contributed by atoms with Crippen LogP contribution in [0.3, 0.4) is 0 Å². The first-order valence-electron chi connectivity index (χ1n) is 43.0. The number of unbranched alkanes of at least 4 members (excludes halogenated alkanes) is 1. The van der Waals surface area contributed by atoms with Crippen molar-refractivity contribution in [2.75, 3.05) is 76.2 Å². The maximum atomic E-state index is 14.3. The van der Waals surface area contributed by atoms with Crippen LogP contribution >= 0.6 is 0 Å². The van der Waals surface area contributed by atoms with Crippen molar-refractivity contribution in [1.82, 2.24) is 51.1 Å². The molecule has 0 radical (unpaired) electrons. The Morgan fingerprint density at radius 1 is 0.427 bits per heavy atom. The van der Waals surface area contributed by atoms with E-state index in [-0.39, 0.29) is 73.5 Å². The van der Waals surface area contributed by atoms with Gasteiger partial charge in [0.2, 0.25) is 23.6 Å². The van der Waals surface area contributed by atoms with Crippen LogP contribution in [0, 0.1) is 5.92 Å². The molecule has 6 N–H and O–H groups in total. The van der Waals surface area contributed by atoms with E-state index in [2.05, 4.69) is 31.9 Å². The lowest BCUT2D eigenvalue weighted by molar-refractivity contribution is -0.157. The maximum Gasteiger partial charge on any atom is 0.257 e. The van der Waals surface area contributed by atoms with E-state index in [1.54, 1.807) is 36.2 Å². The number of hydrogen-bond acceptors (Lipinski definition) is 13. The molecule has 124 heavy (non-hydrogen) atoms. The average Bonchev–Trinajstić information content (AvgIpc) is 0.809. The standard InChI is InChI=1S/C33H31N3O3.C27H27N3O3.C21H23N3O3.C18H29N3O4/c37-31(34-23-25-13-5-1-6-14-25)30-33(39)35(24-26-15-7-2-8-16-26)21-22-36(30)32(38)29(27-17-9-3-10-18-27)28-19-11-4-12-20-28;1-29-17-18-30(24(27(29)33)25(31)28-19-20-11-5-2-6-12-20)26(32)23(21-13-7-3-8-14-21)22-15-9-4-10-16-22;1-2-3-13-22-20(26)19-21(27)23-16-11-7-8-12-17(16)24(19)18(25)14-15-9-5-4-6-10-15;22-15(11-13-5-2-1-3-6-13)21-9-8-19-17(23)16(21)18(24)20-12-14-7-4-10-25-14/h1-20,29-30H,21-24H2,(H,34,37);2-16,23-24H,17-19H2,1H3,(H,28,31);4-12,19H,2-3,13-14H2,1H3,(H,22,26)(H,23,27);13-14,16H,1-12H2,(H,19,23)(H,20,24). The molecule has 0 spiro atoms. The van der Waals surface area contributed by atoms with Crippen molar-refractivity contribution in [2.24, 2.45) is 5.92 Å². The smallest absolute Gasteiger partial charge is 0.257 e. The summed E-state index contributed by atoms with van der Waals surface area (Å²) in [4.78, 5) is 167. The molecule has 644 valence electrons. The highest BCUT2D eigenvalue weighted by Crippen LogP contribution is 2.35. The molecule has 12 amide bonds. The third-order valence-corrected chi connectivity index (χ3v) is 23.0. The second-order valence-corrected chi connectivity index (χ2v) is 31.6. The highest BCUT2D eigenvalue weighted by molar-refractivity contribution is 6.22. The van der Waals surface area contributed by atoms with Crippen LogP contribution in [0.5, 0.6) is 0 Å². The molecule has 15 rings (SSSR count). The van der Waals surface area contributed by atoms with Crippen LogP contribution in [0.25, 0.3) is 0 Å². The van der Waals surface area contributed by atoms with E-state index < -0.39 is 65.5 Å². The van der Waals surface area contributed by atoms with E-state index in [1.165, 1.54) is 43.8 Å². The number of carbonyl (C=O) groups is 12. The average molecular weight is 1680 g/mol. The van der Waals surface area contributed by atoms with Gasteiger partial charge in [-0.2, -0.15) is 0 Å². The molecular weight excluding hydrogens is 1570 g/mol. The Hall–Kier alpha value is -13.4. The fourth-order valence-corrected chi connectivity index (χ4v) is 16.4. The molecule has 5 unspecified atom stereocenters. The zero-order valence-electron chi connectivity index (χ0n) is 70.3. The Balaban J connectivity index is 0.000000153. The van der Waals surface area contributed by atoms with E-state index in [1.807, 2.05) is 250 Å². The number of ether oxygens (including phenoxy) is 1. The number of fused-ring (bicyclic) bond motifs is 1. The van der Waals surface area contributed by atoms with Gasteiger partial charge in [0.15, 0.2) is 24.2 Å². The molecular formula is C99H110N12O13. The van der Waals surface area contributed by atoms with Crippen molar-refractivity contribution in [3.8, 4) is 0 Å². The molecule has 25 nitrogen and oxygen atoms in total. The largest absolute Gasteiger partial charge is 0.376 e. The van der Waals surface area contributed by atoms with Gasteiger partial charge in [-0.25, -0.2) is 0 Å². The number of anilines is 2. The summed E-state index contributed by atoms with van der Waals surface area (Å²) < 4.78 is 5.50. The van der Waals surface area contributed by atoms with Gasteiger partial charge in [0.05, 0.1) is 35.7 Å². The summed E-state index contributed by atoms with van der Waals surface area (Å²) in [7, 11) is 1.66. The van der Waals surface area contributed by atoms with Crippen molar-refractivity contribution in [3.63, 3.8) is 0 Å². The zero-order valence-corrected chi connectivity index (χ0v) is 70.3. The second kappa shape index (κ2) is 45.5. The van der Waals surface area contributed by atoms with E-state index in [9.17, 15) is 57.5 Å². The van der Waals surface area contributed by atoms with Gasteiger partial charge in [0.25, 0.3) is 47.3 Å². The first-order chi connectivity index (χ1) is 60.4. The van der Waals surface area contributed by atoms with E-state index in [4.69, 9.17) is 4.74 Å². The van der Waals surface area contributed by atoms with Crippen LogP contribution < -0.4 is 36.8 Å². The van der Waals surface area contributed by atoms with E-state index >= 15 is 0 Å². The molecule has 6 aliphatic rings. The molecule has 1 saturated carbocycles. The predicted octanol–water partition coefficient (Wildman–Crippen LogP) is 10.3. The van der Waals surface area contributed by atoms with Gasteiger partial charge >= 0.3 is 0 Å². The summed E-state index contributed by atoms with van der Waals surface area (Å²) in [5.41, 5.74) is 7.98. The maximum absolute atomic E-state index is 14.3. The molecule has 0 aromatic heterocycles. The molecule has 5 aliphatic heterocycles. The van der Waals surface area contributed by atoms with Gasteiger partial charge in [-0.3, -0.25) is 62.4 Å². The Morgan fingerprint density at radius 2 is 0.879 bits per heavy atom. The van der Waals surface area contributed by atoms with Crippen molar-refractivity contribution in [1.29, 1.82) is 0 Å². The van der Waals surface area contributed by atoms with Gasteiger partial charge < -0.3 is 61.1 Å². The Morgan fingerprint density at radius 3 is 1.38 bits per heavy atom. The van der Waals surface area contributed by atoms with Gasteiger partial charge in [-0.1, -0.05) is 287 Å². The highest BCUT2D eigenvalue weighted by atomic mass is 16.5. The van der Waals surface area contributed by atoms with Crippen LogP contribution in [0.15, 0.2) is 267 Å². The van der Waals surface area contributed by atoms with Crippen LogP contribution in [0.4, 0.5) is 11.4 Å². The summed E-state index contributed by atoms with van der Waals surface area (Å²) in [5, 5.41) is 16.8. The fraction of sp³-hybridized carbons (Fsp3) is 0.333. The predicted molar refractivity (Wildman–Crippen MR) is 473 cm³/mol. The molecule has 9 aromatic carbocycles. The van der Waals surface area contributed by atoms with Crippen LogP contribution in [0.1, 0.15) is 127 Å². The minimum atomic E-state index is -1.26. The summed E-state index contributed by atoms with van der Waals surface area (Å²) in [6.45, 7) is 6.63. The lowest BCUT2D eigenvalue weighted by Crippen LogP contribution is -2.64. The summed E-state index contributed by atoms with van der Waals surface area (Å²) in [6, 6.07) is 78.3. The number of para-hydroxylation sites is 2. The minimum absolute atomic E-state index is 0.0157. The number of hydrogen-bond donors (Lipinski definition) is 6. The second-order valence-electron chi connectivity index (χ2n) is 31.6. The van der Waals surface area contributed by atoms with Crippen molar-refractivity contribution in [3.05, 3.63) is 311 Å². The van der Waals surface area contributed by atoms with Crippen LogP contribution in [0.2, 0.25) is 0 Å². The molecule has 5 heterocycles. The third kappa shape index (κ3) is 24.1. The van der Waals surface area contributed by atoms with Gasteiger partial charge in [0, 0.05) is 92.1 Å². The molecule has 0 bridgehead atoms. The number of piperazine rings is 3. The third-order valence-electron chi connectivity index (χ3n) is 23.0. The van der Waals surface area contributed by atoms with E-state index in [0.717, 1.165) is 89.6 Å². The van der Waals surface area contributed by atoms with Gasteiger partial charge in [0.1, 0.15) is 0 Å². The summed E-state index contributed by atoms with van der Waals surface area (Å²) in [6.07, 6.45) is 9.96. The zero-order chi connectivity index (χ0) is 87.1. The lowest BCUT2D eigenvalue weighted by Gasteiger charge is -2.41. The Kier molecular flexibility index (Phi) is 32.9. The monoisotopic (exact) mass is 1670 g/mol. The Bertz CT molecular complexity index is 4970. The van der Waals surface area contributed by atoms with Crippen molar-refractivity contribution in [2.45, 2.75) is 139 Å². The number of likely N-dealkylation sites (N-methyl/N-ethyl adjacent to an activating group) is 1. The fourth-order valence-electron chi connectivity index (χ4n) is 16.4. The molecule has 25 heteroatoms. The number of nitrogens with zero attached hydrogens (tertiary/aromatic N) is 6. The molecule has 9 aromatic rings. The number of nitrogens with one attached hydrogen (secondary N) is 6. The number of amides is 12. The molecule has 5 atom stereocenters. The molecule has 4 saturated heterocycles. The lowest BCUT2D eigenvalue weighted by atomic mass is 9.86. The SMILES string of the molecule is CCCCNC(=O)C1C(=O)Nc2ccccc2N1C(=O)Cc1ccccc1.CN1CCN(C(=O)C(c2ccccc2)c2ccccc2)C(C(=O)NCc2ccccc2)C1=O.O=C(NCc1ccccc1)C1C(=O)N(Cc2ccccc2)CCN1C(=O)C(c1ccccc1)c1ccccc1.O=C1NCCN(C(=O)CC2CCCCC2)C1C(=O)NCC1CCCO1. The number of benzene rings is 9. The van der Waals surface area contributed by atoms with Crippen molar-refractivity contribution >= 4 is 82.3 Å². The minimum Gasteiger partial charge on any atom is -0.376 e. The van der Waals surface area contributed by atoms with Crippen LogP contribution in [-0.4, -0.2) is 192 Å². The number of carbonyl (C=O) groups excluding carboxylic acids is 12. The first kappa shape index (κ1) is 89.8. The molecule has 5 fully saturated rings. The van der Waals surface area contributed by atoms with Crippen LogP contribution in [-0.2, 0) is 88.3 Å². The topological polar surface area (TPSA) is 306 Å². The highest BCUT2D eigenvalue weighted by Gasteiger charge is 2.47.